The number of aryl methyl sites for hydroxylation is 1. The molecule has 1 aliphatic heterocycles. The fourth-order valence-electron chi connectivity index (χ4n) is 3.62. The number of hydrogen-bond acceptors (Lipinski definition) is 2. The van der Waals surface area contributed by atoms with Crippen LogP contribution in [-0.2, 0) is 11.3 Å². The Hall–Kier alpha value is -2.62. The summed E-state index contributed by atoms with van der Waals surface area (Å²) < 4.78 is 1.99. The molecule has 122 valence electrons. The second-order valence-electron chi connectivity index (χ2n) is 6.54. The molecule has 4 heteroatoms. The number of benzene rings is 2. The van der Waals surface area contributed by atoms with Gasteiger partial charge in [-0.3, -0.25) is 9.59 Å². The molecular weight excluding hydrogens is 300 g/mol. The van der Waals surface area contributed by atoms with Crippen molar-refractivity contribution in [2.75, 3.05) is 13.1 Å². The van der Waals surface area contributed by atoms with E-state index in [0.717, 1.165) is 42.5 Å². The topological polar surface area (TPSA) is 42.3 Å². The Kier molecular flexibility index (Phi) is 3.60. The largest absolute Gasteiger partial charge is 0.341 e. The molecule has 2 heterocycles. The van der Waals surface area contributed by atoms with Gasteiger partial charge >= 0.3 is 0 Å². The van der Waals surface area contributed by atoms with Crippen molar-refractivity contribution in [1.29, 1.82) is 0 Å². The Morgan fingerprint density at radius 1 is 1.00 bits per heavy atom. The molecule has 4 nitrogen and oxygen atoms in total. The predicted octanol–water partition coefficient (Wildman–Crippen LogP) is 3.09. The number of amides is 1. The molecule has 0 unspecified atom stereocenters. The molecule has 2 aromatic carbocycles. The van der Waals surface area contributed by atoms with Gasteiger partial charge in [-0.2, -0.15) is 0 Å². The summed E-state index contributed by atoms with van der Waals surface area (Å²) in [7, 11) is 0. The number of carbonyl (C=O) groups excluding carboxylic acids is 1. The van der Waals surface area contributed by atoms with E-state index in [1.54, 1.807) is 0 Å². The minimum atomic E-state index is 0.0363. The van der Waals surface area contributed by atoms with Crippen molar-refractivity contribution < 1.29 is 4.79 Å². The minimum Gasteiger partial charge on any atom is -0.341 e. The van der Waals surface area contributed by atoms with Gasteiger partial charge in [-0.1, -0.05) is 23.8 Å². The number of rotatable bonds is 2. The van der Waals surface area contributed by atoms with Gasteiger partial charge in [-0.05, 0) is 44.0 Å². The molecular formula is C20H20N2O2. The third-order valence-electron chi connectivity index (χ3n) is 4.88. The van der Waals surface area contributed by atoms with Crippen molar-refractivity contribution in [2.45, 2.75) is 26.3 Å². The normalized spacial score (nSPS) is 14.6. The molecule has 0 saturated carbocycles. The van der Waals surface area contributed by atoms with E-state index in [1.807, 2.05) is 58.9 Å². The number of para-hydroxylation sites is 1. The zero-order valence-electron chi connectivity index (χ0n) is 13.8. The van der Waals surface area contributed by atoms with Crippen molar-refractivity contribution >= 4 is 27.7 Å². The molecule has 24 heavy (non-hydrogen) atoms. The Labute approximate surface area is 140 Å². The quantitative estimate of drug-likeness (QED) is 0.681. The second kappa shape index (κ2) is 5.78. The highest BCUT2D eigenvalue weighted by Crippen LogP contribution is 2.21. The number of nitrogens with zero attached hydrogens (tertiary/aromatic N) is 2. The molecule has 1 aliphatic rings. The highest BCUT2D eigenvalue weighted by molar-refractivity contribution is 5.95. The van der Waals surface area contributed by atoms with Gasteiger partial charge in [0, 0.05) is 23.9 Å². The standard InChI is InChI=1S/C20H20N2O2/c1-14-8-9-18-16(12-14)20(24)15-6-2-3-7-17(15)22(18)13-19(23)21-10-4-5-11-21/h2-3,6-9,12H,4-5,10-11,13H2,1H3. The third kappa shape index (κ3) is 2.39. The first-order chi connectivity index (χ1) is 11.6. The average molecular weight is 320 g/mol. The van der Waals surface area contributed by atoms with Crippen molar-refractivity contribution in [1.82, 2.24) is 9.47 Å². The van der Waals surface area contributed by atoms with Crippen LogP contribution in [0.1, 0.15) is 18.4 Å². The van der Waals surface area contributed by atoms with Crippen LogP contribution in [0.3, 0.4) is 0 Å². The molecule has 3 aromatic rings. The summed E-state index contributed by atoms with van der Waals surface area (Å²) in [5.74, 6) is 0.128. The molecule has 0 radical (unpaired) electrons. The lowest BCUT2D eigenvalue weighted by Crippen LogP contribution is -2.31. The Morgan fingerprint density at radius 3 is 2.50 bits per heavy atom. The van der Waals surface area contributed by atoms with Crippen LogP contribution in [0.4, 0.5) is 0 Å². The van der Waals surface area contributed by atoms with Crippen LogP contribution >= 0.6 is 0 Å². The van der Waals surface area contributed by atoms with E-state index >= 15 is 0 Å². The molecule has 0 atom stereocenters. The number of fused-ring (bicyclic) bond motifs is 2. The third-order valence-corrected chi connectivity index (χ3v) is 4.88. The molecule has 1 fully saturated rings. The number of carbonyl (C=O) groups is 1. The molecule has 1 amide bonds. The summed E-state index contributed by atoms with van der Waals surface area (Å²) in [5.41, 5.74) is 2.74. The lowest BCUT2D eigenvalue weighted by atomic mass is 10.1. The highest BCUT2D eigenvalue weighted by atomic mass is 16.2. The number of likely N-dealkylation sites (tertiary alicyclic amines) is 1. The molecule has 1 saturated heterocycles. The maximum absolute atomic E-state index is 12.8. The fraction of sp³-hybridized carbons (Fsp3) is 0.300. The van der Waals surface area contributed by atoms with Crippen LogP contribution in [0.25, 0.3) is 21.8 Å². The van der Waals surface area contributed by atoms with Gasteiger partial charge in [0.15, 0.2) is 5.43 Å². The van der Waals surface area contributed by atoms with E-state index in [2.05, 4.69) is 0 Å². The first-order valence-electron chi connectivity index (χ1n) is 8.45. The SMILES string of the molecule is Cc1ccc2c(c1)c(=O)c1ccccc1n2CC(=O)N1CCCC1. The zero-order valence-corrected chi connectivity index (χ0v) is 13.8. The first kappa shape index (κ1) is 14.9. The molecule has 0 N–H and O–H groups in total. The van der Waals surface area contributed by atoms with Gasteiger partial charge in [0.05, 0.1) is 11.0 Å². The van der Waals surface area contributed by atoms with Gasteiger partial charge in [0.2, 0.25) is 5.91 Å². The van der Waals surface area contributed by atoms with E-state index in [9.17, 15) is 9.59 Å². The van der Waals surface area contributed by atoms with Gasteiger partial charge in [-0.15, -0.1) is 0 Å². The van der Waals surface area contributed by atoms with E-state index < -0.39 is 0 Å². The number of pyridine rings is 1. The van der Waals surface area contributed by atoms with Gasteiger partial charge in [-0.25, -0.2) is 0 Å². The number of aromatic nitrogens is 1. The fourth-order valence-corrected chi connectivity index (χ4v) is 3.62. The van der Waals surface area contributed by atoms with E-state index in [4.69, 9.17) is 0 Å². The average Bonchev–Trinajstić information content (AvgIpc) is 3.13. The number of hydrogen-bond donors (Lipinski definition) is 0. The zero-order chi connectivity index (χ0) is 16.7. The van der Waals surface area contributed by atoms with Crippen LogP contribution in [0.2, 0.25) is 0 Å². The van der Waals surface area contributed by atoms with Crippen molar-refractivity contribution in [2.24, 2.45) is 0 Å². The summed E-state index contributed by atoms with van der Waals surface area (Å²) in [6.07, 6.45) is 2.16. The molecule has 4 rings (SSSR count). The summed E-state index contributed by atoms with van der Waals surface area (Å²) in [6, 6.07) is 13.4. The minimum absolute atomic E-state index is 0.0363. The summed E-state index contributed by atoms with van der Waals surface area (Å²) in [4.78, 5) is 27.4. The van der Waals surface area contributed by atoms with Crippen LogP contribution in [-0.4, -0.2) is 28.5 Å². The van der Waals surface area contributed by atoms with Crippen molar-refractivity contribution in [3.8, 4) is 0 Å². The van der Waals surface area contributed by atoms with Crippen molar-refractivity contribution in [3.05, 3.63) is 58.3 Å². The van der Waals surface area contributed by atoms with E-state index in [-0.39, 0.29) is 17.9 Å². The van der Waals surface area contributed by atoms with Crippen LogP contribution < -0.4 is 5.43 Å². The lowest BCUT2D eigenvalue weighted by Gasteiger charge is -2.19. The lowest BCUT2D eigenvalue weighted by molar-refractivity contribution is -0.130. The Balaban J connectivity index is 1.95. The molecule has 0 spiro atoms. The van der Waals surface area contributed by atoms with Gasteiger partial charge in [0.25, 0.3) is 0 Å². The predicted molar refractivity (Wildman–Crippen MR) is 96.3 cm³/mol. The van der Waals surface area contributed by atoms with Gasteiger partial charge in [0.1, 0.15) is 6.54 Å². The summed E-state index contributed by atoms with van der Waals surface area (Å²) in [6.45, 7) is 3.94. The molecule has 1 aromatic heterocycles. The Morgan fingerprint density at radius 2 is 1.71 bits per heavy atom. The van der Waals surface area contributed by atoms with Crippen LogP contribution in [0.5, 0.6) is 0 Å². The maximum Gasteiger partial charge on any atom is 0.242 e. The maximum atomic E-state index is 12.8. The smallest absolute Gasteiger partial charge is 0.242 e. The van der Waals surface area contributed by atoms with E-state index in [1.165, 1.54) is 0 Å². The second-order valence-corrected chi connectivity index (χ2v) is 6.54. The summed E-state index contributed by atoms with van der Waals surface area (Å²) >= 11 is 0. The highest BCUT2D eigenvalue weighted by Gasteiger charge is 2.20. The molecule has 0 bridgehead atoms. The first-order valence-corrected chi connectivity index (χ1v) is 8.45. The molecule has 0 aliphatic carbocycles. The van der Waals surface area contributed by atoms with Crippen LogP contribution in [0.15, 0.2) is 47.3 Å². The Bertz CT molecular complexity index is 998. The van der Waals surface area contributed by atoms with Crippen molar-refractivity contribution in [3.63, 3.8) is 0 Å². The van der Waals surface area contributed by atoms with Crippen LogP contribution in [0, 0.1) is 6.92 Å². The summed E-state index contributed by atoms with van der Waals surface area (Å²) in [5, 5.41) is 1.35. The monoisotopic (exact) mass is 320 g/mol. The van der Waals surface area contributed by atoms with E-state index in [0.29, 0.717) is 10.8 Å². The van der Waals surface area contributed by atoms with Gasteiger partial charge < -0.3 is 9.47 Å².